The van der Waals surface area contributed by atoms with Crippen LogP contribution in [0.25, 0.3) is 0 Å². The fourth-order valence-electron chi connectivity index (χ4n) is 3.66. The Hall–Kier alpha value is -3.10. The molecular weight excluding hydrogens is 504 g/mol. The molecule has 1 fully saturated rings. The summed E-state index contributed by atoms with van der Waals surface area (Å²) in [6.45, 7) is 7.27. The minimum atomic E-state index is -3.74. The third-order valence-electron chi connectivity index (χ3n) is 5.56. The number of ether oxygens (including phenoxy) is 2. The van der Waals surface area contributed by atoms with Gasteiger partial charge in [-0.25, -0.2) is 8.42 Å². The number of nitrogens with one attached hydrogen (secondary N) is 2. The Morgan fingerprint density at radius 3 is 2.67 bits per heavy atom. The second-order valence-electron chi connectivity index (χ2n) is 8.14. The lowest BCUT2D eigenvalue weighted by Gasteiger charge is -2.26. The van der Waals surface area contributed by atoms with Crippen molar-refractivity contribution in [2.45, 2.75) is 31.7 Å². The van der Waals surface area contributed by atoms with Gasteiger partial charge >= 0.3 is 0 Å². The first kappa shape index (κ1) is 27.5. The fraction of sp³-hybridized carbons (Fsp3) is 0.360. The summed E-state index contributed by atoms with van der Waals surface area (Å²) in [4.78, 5) is 12.9. The number of nitriles is 1. The molecule has 1 aliphatic heterocycles. The van der Waals surface area contributed by atoms with Crippen LogP contribution >= 0.6 is 11.6 Å². The number of rotatable bonds is 9. The van der Waals surface area contributed by atoms with E-state index in [2.05, 4.69) is 10.6 Å². The molecule has 11 heteroatoms. The molecule has 1 atom stereocenters. The minimum Gasteiger partial charge on any atom is -0.494 e. The maximum Gasteiger partial charge on any atom is 0.263 e. The smallest absolute Gasteiger partial charge is 0.263 e. The molecule has 0 saturated carbocycles. The van der Waals surface area contributed by atoms with Crippen molar-refractivity contribution >= 4 is 33.2 Å². The number of benzene rings is 2. The van der Waals surface area contributed by atoms with Crippen molar-refractivity contribution < 1.29 is 22.7 Å². The average molecular weight is 533 g/mol. The Bertz CT molecular complexity index is 1280. The molecular formula is C25H29ClN4O5S. The van der Waals surface area contributed by atoms with E-state index in [9.17, 15) is 18.5 Å². The molecule has 36 heavy (non-hydrogen) atoms. The van der Waals surface area contributed by atoms with Gasteiger partial charge in [-0.05, 0) is 45.0 Å². The highest BCUT2D eigenvalue weighted by molar-refractivity contribution is 7.89. The summed E-state index contributed by atoms with van der Waals surface area (Å²) in [5, 5.41) is 15.4. The van der Waals surface area contributed by atoms with Crippen LogP contribution < -0.4 is 15.4 Å². The highest BCUT2D eigenvalue weighted by atomic mass is 35.5. The van der Waals surface area contributed by atoms with Gasteiger partial charge in [0.25, 0.3) is 5.91 Å². The number of hydrogen-bond acceptors (Lipinski definition) is 7. The highest BCUT2D eigenvalue weighted by Crippen LogP contribution is 2.28. The third-order valence-corrected chi connectivity index (χ3v) is 7.79. The van der Waals surface area contributed by atoms with E-state index < -0.39 is 22.0 Å². The summed E-state index contributed by atoms with van der Waals surface area (Å²) in [5.74, 6) is 0.0521. The zero-order chi connectivity index (χ0) is 26.3. The second kappa shape index (κ2) is 12.2. The van der Waals surface area contributed by atoms with Crippen molar-refractivity contribution in [1.82, 2.24) is 9.62 Å². The predicted molar refractivity (Wildman–Crippen MR) is 137 cm³/mol. The molecule has 0 aliphatic carbocycles. The molecule has 192 valence electrons. The van der Waals surface area contributed by atoms with Gasteiger partial charge in [-0.3, -0.25) is 4.79 Å². The Morgan fingerprint density at radius 1 is 1.28 bits per heavy atom. The van der Waals surface area contributed by atoms with E-state index in [0.717, 1.165) is 11.1 Å². The van der Waals surface area contributed by atoms with Crippen LogP contribution in [0.15, 0.2) is 53.1 Å². The summed E-state index contributed by atoms with van der Waals surface area (Å²) in [5.41, 5.74) is 1.84. The zero-order valence-electron chi connectivity index (χ0n) is 20.4. The topological polar surface area (TPSA) is 121 Å². The van der Waals surface area contributed by atoms with Gasteiger partial charge in [0.2, 0.25) is 10.0 Å². The summed E-state index contributed by atoms with van der Waals surface area (Å²) < 4.78 is 38.2. The third kappa shape index (κ3) is 6.56. The normalized spacial score (nSPS) is 15.6. The predicted octanol–water partition coefficient (Wildman–Crippen LogP) is 3.76. The molecule has 1 amide bonds. The molecule has 2 aromatic carbocycles. The Kier molecular flexibility index (Phi) is 9.34. The van der Waals surface area contributed by atoms with E-state index in [4.69, 9.17) is 21.1 Å². The molecule has 0 spiro atoms. The van der Waals surface area contributed by atoms with Crippen LogP contribution in [0.4, 0.5) is 5.69 Å². The van der Waals surface area contributed by atoms with Crippen molar-refractivity contribution in [3.05, 3.63) is 64.3 Å². The summed E-state index contributed by atoms with van der Waals surface area (Å²) in [6.07, 6.45) is 1.20. The van der Waals surface area contributed by atoms with E-state index in [1.54, 1.807) is 6.92 Å². The Balaban J connectivity index is 1.77. The lowest BCUT2D eigenvalue weighted by atomic mass is 10.0. The molecule has 0 radical (unpaired) electrons. The molecule has 2 N–H and O–H groups in total. The second-order valence-corrected chi connectivity index (χ2v) is 10.5. The maximum absolute atomic E-state index is 13.0. The van der Waals surface area contributed by atoms with E-state index in [0.29, 0.717) is 25.6 Å². The lowest BCUT2D eigenvalue weighted by molar-refractivity contribution is -0.117. The number of anilines is 1. The number of aryl methyl sites for hydroxylation is 1. The van der Waals surface area contributed by atoms with Gasteiger partial charge in [0.15, 0.2) is 0 Å². The number of halogens is 1. The van der Waals surface area contributed by atoms with Gasteiger partial charge in [-0.2, -0.15) is 9.57 Å². The first-order chi connectivity index (χ1) is 17.2. The molecule has 9 nitrogen and oxygen atoms in total. The van der Waals surface area contributed by atoms with Gasteiger partial charge in [0, 0.05) is 24.9 Å². The number of sulfonamides is 1. The molecule has 1 heterocycles. The Morgan fingerprint density at radius 2 is 2.00 bits per heavy atom. The van der Waals surface area contributed by atoms with Crippen molar-refractivity contribution in [3.8, 4) is 11.8 Å². The number of nitrogens with zero attached hydrogens (tertiary/aromatic N) is 2. The van der Waals surface area contributed by atoms with Crippen LogP contribution in [0.2, 0.25) is 5.02 Å². The average Bonchev–Trinajstić information content (AvgIpc) is 2.87. The van der Waals surface area contributed by atoms with Crippen molar-refractivity contribution in [3.63, 3.8) is 0 Å². The number of carbonyl (C=O) groups is 1. The van der Waals surface area contributed by atoms with Gasteiger partial charge in [0.05, 0.1) is 41.5 Å². The molecule has 0 bridgehead atoms. The minimum absolute atomic E-state index is 0.0455. The lowest BCUT2D eigenvalue weighted by Crippen LogP contribution is -2.40. The SMILES string of the molecule is CCOc1ccc(C)cc1C(C)NC(=O)/C(C#N)=C\Nc1cc(S(=O)(=O)N2CCOCC2)ccc1Cl. The van der Waals surface area contributed by atoms with E-state index in [-0.39, 0.29) is 34.3 Å². The van der Waals surface area contributed by atoms with Gasteiger partial charge < -0.3 is 20.1 Å². The number of carbonyl (C=O) groups excluding carboxylic acids is 1. The molecule has 2 aromatic rings. The number of hydrogen-bond donors (Lipinski definition) is 2. The van der Waals surface area contributed by atoms with Gasteiger partial charge in [-0.15, -0.1) is 0 Å². The quantitative estimate of drug-likeness (QED) is 0.372. The standard InChI is InChI=1S/C25H29ClN4O5S/c1-4-35-24-8-5-17(2)13-21(24)18(3)29-25(31)19(15-27)16-28-23-14-20(6-7-22(23)26)36(32,33)30-9-11-34-12-10-30/h5-8,13-14,16,18,28H,4,9-12H2,1-3H3,(H,29,31)/b19-16-. The fourth-order valence-corrected chi connectivity index (χ4v) is 5.26. The van der Waals surface area contributed by atoms with E-state index in [1.807, 2.05) is 38.1 Å². The molecule has 3 rings (SSSR count). The molecule has 0 aromatic heterocycles. The number of morpholine rings is 1. The summed E-state index contributed by atoms with van der Waals surface area (Å²) in [6, 6.07) is 11.4. The zero-order valence-corrected chi connectivity index (χ0v) is 21.9. The van der Waals surface area contributed by atoms with E-state index >= 15 is 0 Å². The van der Waals surface area contributed by atoms with Crippen LogP contribution in [0.5, 0.6) is 5.75 Å². The summed E-state index contributed by atoms with van der Waals surface area (Å²) >= 11 is 6.25. The highest BCUT2D eigenvalue weighted by Gasteiger charge is 2.27. The van der Waals surface area contributed by atoms with Crippen LogP contribution in [0, 0.1) is 18.3 Å². The van der Waals surface area contributed by atoms with Crippen LogP contribution in [0.1, 0.15) is 31.0 Å². The summed E-state index contributed by atoms with van der Waals surface area (Å²) in [7, 11) is -3.74. The van der Waals surface area contributed by atoms with Crippen molar-refractivity contribution in [1.29, 1.82) is 5.26 Å². The van der Waals surface area contributed by atoms with Crippen LogP contribution in [0.3, 0.4) is 0 Å². The van der Waals surface area contributed by atoms with Crippen LogP contribution in [-0.4, -0.2) is 51.5 Å². The Labute approximate surface area is 216 Å². The van der Waals surface area contributed by atoms with Crippen LogP contribution in [-0.2, 0) is 19.6 Å². The monoisotopic (exact) mass is 532 g/mol. The number of amides is 1. The molecule has 1 saturated heterocycles. The van der Waals surface area contributed by atoms with Crippen molar-refractivity contribution in [2.75, 3.05) is 38.2 Å². The van der Waals surface area contributed by atoms with Crippen molar-refractivity contribution in [2.24, 2.45) is 0 Å². The largest absolute Gasteiger partial charge is 0.494 e. The molecule has 1 aliphatic rings. The maximum atomic E-state index is 13.0. The molecule has 1 unspecified atom stereocenters. The van der Waals surface area contributed by atoms with E-state index in [1.165, 1.54) is 28.7 Å². The first-order valence-electron chi connectivity index (χ1n) is 11.5. The van der Waals surface area contributed by atoms with Gasteiger partial charge in [-0.1, -0.05) is 29.3 Å². The van der Waals surface area contributed by atoms with Gasteiger partial charge in [0.1, 0.15) is 17.4 Å². The first-order valence-corrected chi connectivity index (χ1v) is 13.3.